The number of rotatable bonds is 6. The zero-order valence-electron chi connectivity index (χ0n) is 15.0. The predicted molar refractivity (Wildman–Crippen MR) is 106 cm³/mol. The molecule has 0 bridgehead atoms. The molecule has 1 aromatic carbocycles. The molecule has 0 fully saturated rings. The van der Waals surface area contributed by atoms with Crippen molar-refractivity contribution in [2.75, 3.05) is 6.54 Å². The Kier molecular flexibility index (Phi) is 5.91. The summed E-state index contributed by atoms with van der Waals surface area (Å²) in [6.45, 7) is 0.111. The molecule has 1 aromatic heterocycles. The van der Waals surface area contributed by atoms with Gasteiger partial charge in [-0.25, -0.2) is 8.99 Å². The second kappa shape index (κ2) is 8.35. The van der Waals surface area contributed by atoms with Crippen molar-refractivity contribution in [3.63, 3.8) is 0 Å². The zero-order valence-corrected chi connectivity index (χ0v) is 15.8. The number of H-pyrrole nitrogens is 1. The van der Waals surface area contributed by atoms with Crippen molar-refractivity contribution in [1.82, 2.24) is 10.3 Å². The van der Waals surface area contributed by atoms with Crippen LogP contribution in [-0.2, 0) is 28.3 Å². The van der Waals surface area contributed by atoms with Gasteiger partial charge in [0.15, 0.2) is 0 Å². The Labute approximate surface area is 158 Å². The SMILES string of the molecule is N=S(=O)(/C=C/CNC(=O)c1cc2c([nH]c1=O)CCCC2)Cc1ccccc1. The van der Waals surface area contributed by atoms with Gasteiger partial charge in [-0.05, 0) is 42.9 Å². The molecule has 3 N–H and O–H groups in total. The van der Waals surface area contributed by atoms with Crippen LogP contribution in [0.25, 0.3) is 0 Å². The van der Waals surface area contributed by atoms with E-state index in [1.165, 1.54) is 11.5 Å². The Morgan fingerprint density at radius 3 is 2.74 bits per heavy atom. The summed E-state index contributed by atoms with van der Waals surface area (Å²) in [7, 11) is -2.92. The van der Waals surface area contributed by atoms with Gasteiger partial charge in [-0.1, -0.05) is 36.4 Å². The molecule has 6 nitrogen and oxygen atoms in total. The van der Waals surface area contributed by atoms with Gasteiger partial charge in [0.25, 0.3) is 11.5 Å². The number of carbonyl (C=O) groups excluding carboxylic acids is 1. The summed E-state index contributed by atoms with van der Waals surface area (Å²) in [5.74, 6) is -0.336. The Hall–Kier alpha value is -2.67. The number of nitrogens with one attached hydrogen (secondary N) is 3. The first kappa shape index (κ1) is 19.1. The summed E-state index contributed by atoms with van der Waals surface area (Å²) in [4.78, 5) is 27.2. The molecule has 0 radical (unpaired) electrons. The third-order valence-electron chi connectivity index (χ3n) is 4.50. The molecule has 7 heteroatoms. The van der Waals surface area contributed by atoms with E-state index in [-0.39, 0.29) is 23.4 Å². The Morgan fingerprint density at radius 1 is 1.22 bits per heavy atom. The van der Waals surface area contributed by atoms with Crippen molar-refractivity contribution in [2.24, 2.45) is 0 Å². The van der Waals surface area contributed by atoms with E-state index in [1.54, 1.807) is 6.07 Å². The molecule has 0 saturated carbocycles. The molecule has 1 atom stereocenters. The van der Waals surface area contributed by atoms with Crippen LogP contribution < -0.4 is 10.9 Å². The predicted octanol–water partition coefficient (Wildman–Crippen LogP) is 2.74. The van der Waals surface area contributed by atoms with Crippen LogP contribution in [0.2, 0.25) is 0 Å². The summed E-state index contributed by atoms with van der Waals surface area (Å²) < 4.78 is 20.2. The minimum absolute atomic E-state index is 0.0972. The molecule has 1 heterocycles. The van der Waals surface area contributed by atoms with Gasteiger partial charge in [-0.3, -0.25) is 9.59 Å². The second-order valence-electron chi connectivity index (χ2n) is 6.66. The molecule has 2 aromatic rings. The first-order valence-corrected chi connectivity index (χ1v) is 10.7. The molecule has 1 unspecified atom stereocenters. The number of fused-ring (bicyclic) bond motifs is 1. The van der Waals surface area contributed by atoms with E-state index in [9.17, 15) is 13.8 Å². The monoisotopic (exact) mass is 385 g/mol. The highest BCUT2D eigenvalue weighted by Crippen LogP contribution is 2.18. The Bertz CT molecular complexity index is 1010. The van der Waals surface area contributed by atoms with Crippen LogP contribution in [0.1, 0.15) is 40.0 Å². The molecule has 0 saturated heterocycles. The summed E-state index contributed by atoms with van der Waals surface area (Å²) in [5, 5.41) is 3.95. The largest absolute Gasteiger partial charge is 0.348 e. The van der Waals surface area contributed by atoms with E-state index in [2.05, 4.69) is 10.3 Å². The van der Waals surface area contributed by atoms with Gasteiger partial charge in [0.2, 0.25) is 0 Å². The van der Waals surface area contributed by atoms with Crippen LogP contribution in [0, 0.1) is 4.78 Å². The summed E-state index contributed by atoms with van der Waals surface area (Å²) in [5.41, 5.74) is 2.49. The average molecular weight is 385 g/mol. The fraction of sp³-hybridized carbons (Fsp3) is 0.300. The molecule has 1 aliphatic rings. The van der Waals surface area contributed by atoms with E-state index in [1.807, 2.05) is 30.3 Å². The lowest BCUT2D eigenvalue weighted by Gasteiger charge is -2.15. The molecule has 1 amide bonds. The molecular weight excluding hydrogens is 362 g/mol. The van der Waals surface area contributed by atoms with Gasteiger partial charge in [-0.15, -0.1) is 0 Å². The molecule has 27 heavy (non-hydrogen) atoms. The number of hydrogen-bond donors (Lipinski definition) is 3. The van der Waals surface area contributed by atoms with Crippen molar-refractivity contribution in [1.29, 1.82) is 4.78 Å². The highest BCUT2D eigenvalue weighted by atomic mass is 32.2. The number of aromatic nitrogens is 1. The maximum absolute atomic E-state index is 12.3. The fourth-order valence-corrected chi connectivity index (χ4v) is 4.35. The number of hydrogen-bond acceptors (Lipinski definition) is 4. The number of carbonyl (C=O) groups is 1. The smallest absolute Gasteiger partial charge is 0.261 e. The molecule has 1 aliphatic carbocycles. The lowest BCUT2D eigenvalue weighted by Crippen LogP contribution is -2.31. The number of aromatic amines is 1. The second-order valence-corrected chi connectivity index (χ2v) is 8.67. The third-order valence-corrected chi connectivity index (χ3v) is 5.90. The van der Waals surface area contributed by atoms with E-state index in [0.717, 1.165) is 42.5 Å². The van der Waals surface area contributed by atoms with Crippen LogP contribution in [0.3, 0.4) is 0 Å². The van der Waals surface area contributed by atoms with Crippen molar-refractivity contribution >= 4 is 15.6 Å². The summed E-state index contributed by atoms with van der Waals surface area (Å²) in [6.07, 6.45) is 5.32. The highest BCUT2D eigenvalue weighted by Gasteiger charge is 2.16. The Balaban J connectivity index is 1.59. The molecule has 3 rings (SSSR count). The topological polar surface area (TPSA) is 103 Å². The fourth-order valence-electron chi connectivity index (χ4n) is 3.16. The number of aryl methyl sites for hydroxylation is 2. The summed E-state index contributed by atoms with van der Waals surface area (Å²) >= 11 is 0. The highest BCUT2D eigenvalue weighted by molar-refractivity contribution is 7.94. The maximum atomic E-state index is 12.3. The van der Waals surface area contributed by atoms with Gasteiger partial charge in [0.05, 0.1) is 15.5 Å². The van der Waals surface area contributed by atoms with Crippen LogP contribution in [0.15, 0.2) is 52.7 Å². The molecule has 142 valence electrons. The molecule has 0 spiro atoms. The van der Waals surface area contributed by atoms with Gasteiger partial charge in [0.1, 0.15) is 5.56 Å². The number of amides is 1. The van der Waals surface area contributed by atoms with Gasteiger partial charge < -0.3 is 10.3 Å². The van der Waals surface area contributed by atoms with E-state index in [4.69, 9.17) is 4.78 Å². The summed E-state index contributed by atoms with van der Waals surface area (Å²) in [6, 6.07) is 10.9. The van der Waals surface area contributed by atoms with Crippen molar-refractivity contribution in [3.8, 4) is 0 Å². The minimum atomic E-state index is -2.92. The Morgan fingerprint density at radius 2 is 1.96 bits per heavy atom. The van der Waals surface area contributed by atoms with Crippen LogP contribution in [0.5, 0.6) is 0 Å². The van der Waals surface area contributed by atoms with Crippen LogP contribution in [-0.4, -0.2) is 21.6 Å². The van der Waals surface area contributed by atoms with E-state index in [0.29, 0.717) is 0 Å². The maximum Gasteiger partial charge on any atom is 0.261 e. The molecule has 0 aliphatic heterocycles. The average Bonchev–Trinajstić information content (AvgIpc) is 2.65. The van der Waals surface area contributed by atoms with Crippen LogP contribution in [0.4, 0.5) is 0 Å². The third kappa shape index (κ3) is 5.17. The normalized spacial score (nSPS) is 15.9. The number of pyridine rings is 1. The van der Waals surface area contributed by atoms with Crippen molar-refractivity contribution in [3.05, 3.63) is 80.6 Å². The first-order chi connectivity index (χ1) is 12.9. The van der Waals surface area contributed by atoms with Gasteiger partial charge >= 0.3 is 0 Å². The lowest BCUT2D eigenvalue weighted by molar-refractivity contribution is 0.0956. The standard InChI is InChI=1S/C20H23N3O3S/c21-27(26,14-15-7-2-1-3-8-15)12-6-11-22-19(24)17-13-16-9-4-5-10-18(16)23-20(17)25/h1-3,6-8,12-13,21H,4-5,9-11,14H2,(H,22,24)(H,23,25)/b12-6+. The zero-order chi connectivity index (χ0) is 19.3. The van der Waals surface area contributed by atoms with Gasteiger partial charge in [0, 0.05) is 17.6 Å². The van der Waals surface area contributed by atoms with E-state index < -0.39 is 15.6 Å². The quantitative estimate of drug-likeness (QED) is 0.712. The number of benzene rings is 1. The van der Waals surface area contributed by atoms with Crippen LogP contribution >= 0.6 is 0 Å². The first-order valence-electron chi connectivity index (χ1n) is 8.95. The minimum Gasteiger partial charge on any atom is -0.348 e. The molecular formula is C20H23N3O3S. The van der Waals surface area contributed by atoms with Crippen molar-refractivity contribution < 1.29 is 9.00 Å². The van der Waals surface area contributed by atoms with E-state index >= 15 is 0 Å². The lowest BCUT2D eigenvalue weighted by atomic mass is 9.95. The van der Waals surface area contributed by atoms with Gasteiger partial charge in [-0.2, -0.15) is 0 Å². The van der Waals surface area contributed by atoms with Crippen molar-refractivity contribution in [2.45, 2.75) is 31.4 Å².